The SMILES string of the molecule is O=C1c2ccc(F)cc2-c2[nH]c3ccccc3c21. The summed E-state index contributed by atoms with van der Waals surface area (Å²) in [5, 5.41) is 0.897. The van der Waals surface area contributed by atoms with Crippen LogP contribution in [0.25, 0.3) is 22.2 Å². The Morgan fingerprint density at radius 2 is 1.83 bits per heavy atom. The molecule has 86 valence electrons. The lowest BCUT2D eigenvalue weighted by Gasteiger charge is -1.98. The van der Waals surface area contributed by atoms with Crippen molar-refractivity contribution in [3.8, 4) is 11.3 Å². The normalized spacial score (nSPS) is 12.8. The van der Waals surface area contributed by atoms with E-state index in [0.717, 1.165) is 16.6 Å². The van der Waals surface area contributed by atoms with Crippen LogP contribution >= 0.6 is 0 Å². The highest BCUT2D eigenvalue weighted by Gasteiger charge is 2.30. The van der Waals surface area contributed by atoms with Gasteiger partial charge in [-0.25, -0.2) is 4.39 Å². The van der Waals surface area contributed by atoms with Crippen LogP contribution in [0.15, 0.2) is 42.5 Å². The molecule has 0 fully saturated rings. The standard InChI is InChI=1S/C15H8FNO/c16-8-5-6-9-11(7-8)14-13(15(9)18)10-3-1-2-4-12(10)17-14/h1-7,17H. The maximum atomic E-state index is 13.3. The molecule has 0 saturated heterocycles. The van der Waals surface area contributed by atoms with Crippen LogP contribution in [0.3, 0.4) is 0 Å². The molecule has 2 nitrogen and oxygen atoms in total. The molecule has 0 saturated carbocycles. The number of halogens is 1. The van der Waals surface area contributed by atoms with Gasteiger partial charge >= 0.3 is 0 Å². The molecule has 0 radical (unpaired) electrons. The molecule has 3 aromatic rings. The zero-order valence-corrected chi connectivity index (χ0v) is 9.33. The summed E-state index contributed by atoms with van der Waals surface area (Å²) in [6, 6.07) is 11.9. The number of hydrogen-bond acceptors (Lipinski definition) is 1. The van der Waals surface area contributed by atoms with Gasteiger partial charge in [-0.3, -0.25) is 4.79 Å². The largest absolute Gasteiger partial charge is 0.354 e. The highest BCUT2D eigenvalue weighted by atomic mass is 19.1. The third-order valence-corrected chi connectivity index (χ3v) is 3.43. The van der Waals surface area contributed by atoms with E-state index in [4.69, 9.17) is 0 Å². The van der Waals surface area contributed by atoms with Crippen molar-refractivity contribution in [1.29, 1.82) is 0 Å². The number of aromatic amines is 1. The van der Waals surface area contributed by atoms with Crippen molar-refractivity contribution in [3.63, 3.8) is 0 Å². The van der Waals surface area contributed by atoms with E-state index in [0.29, 0.717) is 16.7 Å². The minimum atomic E-state index is -0.326. The number of nitrogens with one attached hydrogen (secondary N) is 1. The number of fused-ring (bicyclic) bond motifs is 5. The van der Waals surface area contributed by atoms with Crippen molar-refractivity contribution >= 4 is 16.7 Å². The van der Waals surface area contributed by atoms with E-state index in [1.54, 1.807) is 6.07 Å². The molecule has 2 aromatic carbocycles. The summed E-state index contributed by atoms with van der Waals surface area (Å²) in [5.41, 5.74) is 3.53. The molecule has 0 spiro atoms. The molecule has 1 N–H and O–H groups in total. The number of aromatic nitrogens is 1. The van der Waals surface area contributed by atoms with E-state index < -0.39 is 0 Å². The third-order valence-electron chi connectivity index (χ3n) is 3.43. The Morgan fingerprint density at radius 3 is 2.72 bits per heavy atom. The van der Waals surface area contributed by atoms with Crippen molar-refractivity contribution in [1.82, 2.24) is 4.98 Å². The molecule has 18 heavy (non-hydrogen) atoms. The molecular weight excluding hydrogens is 229 g/mol. The minimum Gasteiger partial charge on any atom is -0.354 e. The van der Waals surface area contributed by atoms with Gasteiger partial charge in [0.15, 0.2) is 5.78 Å². The van der Waals surface area contributed by atoms with Crippen LogP contribution in [0, 0.1) is 5.82 Å². The number of carbonyl (C=O) groups excluding carboxylic acids is 1. The molecule has 4 rings (SSSR count). The van der Waals surface area contributed by atoms with Crippen molar-refractivity contribution in [2.45, 2.75) is 0 Å². The number of rotatable bonds is 0. The summed E-state index contributed by atoms with van der Waals surface area (Å²) in [4.78, 5) is 15.5. The van der Waals surface area contributed by atoms with Gasteiger partial charge in [0, 0.05) is 22.0 Å². The van der Waals surface area contributed by atoms with Gasteiger partial charge in [-0.1, -0.05) is 18.2 Å². The zero-order chi connectivity index (χ0) is 12.3. The summed E-state index contributed by atoms with van der Waals surface area (Å²) in [7, 11) is 0. The molecule has 1 aromatic heterocycles. The fourth-order valence-corrected chi connectivity index (χ4v) is 2.64. The molecule has 0 bridgehead atoms. The van der Waals surface area contributed by atoms with E-state index >= 15 is 0 Å². The van der Waals surface area contributed by atoms with E-state index in [2.05, 4.69) is 4.98 Å². The number of ketones is 1. The van der Waals surface area contributed by atoms with Crippen molar-refractivity contribution < 1.29 is 9.18 Å². The van der Waals surface area contributed by atoms with Crippen LogP contribution in [0.2, 0.25) is 0 Å². The van der Waals surface area contributed by atoms with E-state index in [9.17, 15) is 9.18 Å². The lowest BCUT2D eigenvalue weighted by molar-refractivity contribution is 0.104. The Balaban J connectivity index is 2.16. The molecule has 0 atom stereocenters. The first kappa shape index (κ1) is 9.59. The topological polar surface area (TPSA) is 32.9 Å². The predicted molar refractivity (Wildman–Crippen MR) is 67.1 cm³/mol. The second kappa shape index (κ2) is 3.07. The second-order valence-electron chi connectivity index (χ2n) is 4.44. The Hall–Kier alpha value is -2.42. The quantitative estimate of drug-likeness (QED) is 0.498. The molecule has 1 aliphatic rings. The number of benzene rings is 2. The molecule has 1 aliphatic carbocycles. The highest BCUT2D eigenvalue weighted by Crippen LogP contribution is 2.40. The average molecular weight is 237 g/mol. The zero-order valence-electron chi connectivity index (χ0n) is 9.33. The fraction of sp³-hybridized carbons (Fsp3) is 0. The van der Waals surface area contributed by atoms with Crippen LogP contribution in [-0.4, -0.2) is 10.8 Å². The highest BCUT2D eigenvalue weighted by molar-refractivity contribution is 6.27. The Bertz CT molecular complexity index is 816. The Morgan fingerprint density at radius 1 is 1.00 bits per heavy atom. The van der Waals surface area contributed by atoms with Crippen LogP contribution in [-0.2, 0) is 0 Å². The average Bonchev–Trinajstić information content (AvgIpc) is 2.87. The van der Waals surface area contributed by atoms with Crippen LogP contribution < -0.4 is 0 Å². The van der Waals surface area contributed by atoms with Gasteiger partial charge in [0.25, 0.3) is 0 Å². The number of carbonyl (C=O) groups is 1. The summed E-state index contributed by atoms with van der Waals surface area (Å²) >= 11 is 0. The van der Waals surface area contributed by atoms with Crippen LogP contribution in [0.4, 0.5) is 4.39 Å². The van der Waals surface area contributed by atoms with Gasteiger partial charge in [0.2, 0.25) is 0 Å². The minimum absolute atomic E-state index is 0.0301. The van der Waals surface area contributed by atoms with Gasteiger partial charge in [0.05, 0.1) is 11.3 Å². The fourth-order valence-electron chi connectivity index (χ4n) is 2.64. The maximum absolute atomic E-state index is 13.3. The van der Waals surface area contributed by atoms with Gasteiger partial charge in [-0.2, -0.15) is 0 Å². The maximum Gasteiger partial charge on any atom is 0.196 e. The number of H-pyrrole nitrogens is 1. The van der Waals surface area contributed by atoms with Crippen LogP contribution in [0.1, 0.15) is 15.9 Å². The molecule has 3 heteroatoms. The Kier molecular flexibility index (Phi) is 1.64. The lowest BCUT2D eigenvalue weighted by atomic mass is 10.1. The van der Waals surface area contributed by atoms with Crippen molar-refractivity contribution in [2.24, 2.45) is 0 Å². The smallest absolute Gasteiger partial charge is 0.196 e. The van der Waals surface area contributed by atoms with Gasteiger partial charge < -0.3 is 4.98 Å². The first-order chi connectivity index (χ1) is 8.75. The number of para-hydroxylation sites is 1. The first-order valence-corrected chi connectivity index (χ1v) is 5.71. The lowest BCUT2D eigenvalue weighted by Crippen LogP contribution is -1.95. The van der Waals surface area contributed by atoms with E-state index in [1.165, 1.54) is 12.1 Å². The summed E-state index contributed by atoms with van der Waals surface area (Å²) in [6.07, 6.45) is 0. The van der Waals surface area contributed by atoms with Gasteiger partial charge in [-0.05, 0) is 24.3 Å². The van der Waals surface area contributed by atoms with Crippen molar-refractivity contribution in [3.05, 3.63) is 59.4 Å². The van der Waals surface area contributed by atoms with Gasteiger partial charge in [0.1, 0.15) is 5.82 Å². The molecule has 0 amide bonds. The third kappa shape index (κ3) is 1.03. The van der Waals surface area contributed by atoms with E-state index in [-0.39, 0.29) is 11.6 Å². The van der Waals surface area contributed by atoms with Gasteiger partial charge in [-0.15, -0.1) is 0 Å². The Labute approximate surface area is 102 Å². The second-order valence-corrected chi connectivity index (χ2v) is 4.44. The molecule has 1 heterocycles. The monoisotopic (exact) mass is 237 g/mol. The molecular formula is C15H8FNO. The molecule has 0 unspecified atom stereocenters. The van der Waals surface area contributed by atoms with Crippen LogP contribution in [0.5, 0.6) is 0 Å². The van der Waals surface area contributed by atoms with E-state index in [1.807, 2.05) is 24.3 Å². The first-order valence-electron chi connectivity index (χ1n) is 5.71. The van der Waals surface area contributed by atoms with Crippen molar-refractivity contribution in [2.75, 3.05) is 0 Å². The predicted octanol–water partition coefficient (Wildman–Crippen LogP) is 3.52. The number of hydrogen-bond donors (Lipinski definition) is 1. The summed E-state index contributed by atoms with van der Waals surface area (Å²) in [6.45, 7) is 0. The summed E-state index contributed by atoms with van der Waals surface area (Å²) in [5.74, 6) is -0.356. The molecule has 0 aliphatic heterocycles. The summed E-state index contributed by atoms with van der Waals surface area (Å²) < 4.78 is 13.3.